The average molecular weight is 151 g/mol. The molecule has 1 rings (SSSR count). The molecule has 3 N–H and O–H groups in total. The third-order valence-corrected chi connectivity index (χ3v) is 1.47. The first-order valence-corrected chi connectivity index (χ1v) is 2.93. The van der Waals surface area contributed by atoms with E-state index in [4.69, 9.17) is 15.3 Å². The second-order valence-electron chi connectivity index (χ2n) is 2.18. The van der Waals surface area contributed by atoms with Gasteiger partial charge in [0.1, 0.15) is 12.2 Å². The van der Waals surface area contributed by atoms with Crippen molar-refractivity contribution >= 4 is 0 Å². The maximum absolute atomic E-state index is 12.5. The van der Waals surface area contributed by atoms with Crippen molar-refractivity contribution in [2.75, 3.05) is 6.61 Å². The third kappa shape index (κ3) is 1.13. The number of aliphatic hydroxyl groups is 3. The summed E-state index contributed by atoms with van der Waals surface area (Å²) in [4.78, 5) is 0. The topological polar surface area (TPSA) is 69.9 Å². The van der Waals surface area contributed by atoms with Crippen LogP contribution in [0.25, 0.3) is 0 Å². The van der Waals surface area contributed by atoms with Gasteiger partial charge in [0.15, 0.2) is 12.5 Å². The highest BCUT2D eigenvalue weighted by Crippen LogP contribution is 2.21. The highest BCUT2D eigenvalue weighted by molar-refractivity contribution is 4.85. The Labute approximate surface area is 56.9 Å². The number of alkyl halides is 1. The van der Waals surface area contributed by atoms with Crippen LogP contribution in [-0.2, 0) is 4.74 Å². The Morgan fingerprint density at radius 1 is 1.40 bits per heavy atom. The second-order valence-corrected chi connectivity index (χ2v) is 2.18. The summed E-state index contributed by atoms with van der Waals surface area (Å²) in [5.41, 5.74) is 0. The summed E-state index contributed by atoms with van der Waals surface area (Å²) in [6.07, 6.45) is -5.82. The summed E-state index contributed by atoms with van der Waals surface area (Å²) < 4.78 is 17.0. The molecule has 0 amide bonds. The number of hydrogen-bond donors (Lipinski definition) is 3. The molecule has 0 spiro atoms. The summed E-state index contributed by atoms with van der Waals surface area (Å²) in [6.45, 7) is -0.532. The molecule has 1 unspecified atom stereocenters. The van der Waals surface area contributed by atoms with Gasteiger partial charge >= 0.3 is 0 Å². The molecule has 1 fully saturated rings. The standard InChI is InChI=1S/C5H9FO4/c6-3-2(1-7)10-5(9)4(3)8/h2-5,7-9H,1H2/t2-,3-,4-,5?/m1/s1/i6-1. The highest BCUT2D eigenvalue weighted by atomic mass is 18.2. The minimum atomic E-state index is -1.69. The lowest BCUT2D eigenvalue weighted by Crippen LogP contribution is -2.29. The number of ether oxygens (including phenoxy) is 1. The lowest BCUT2D eigenvalue weighted by atomic mass is 10.2. The largest absolute Gasteiger partial charge is 0.394 e. The van der Waals surface area contributed by atoms with Crippen molar-refractivity contribution in [2.45, 2.75) is 24.7 Å². The van der Waals surface area contributed by atoms with E-state index in [9.17, 15) is 4.39 Å². The van der Waals surface area contributed by atoms with Crippen molar-refractivity contribution in [3.63, 3.8) is 0 Å². The van der Waals surface area contributed by atoms with Crippen LogP contribution in [0.5, 0.6) is 0 Å². The lowest BCUT2D eigenvalue weighted by Gasteiger charge is -2.06. The first-order chi connectivity index (χ1) is 4.66. The minimum Gasteiger partial charge on any atom is -0.394 e. The van der Waals surface area contributed by atoms with Gasteiger partial charge in [0.05, 0.1) is 6.61 Å². The van der Waals surface area contributed by atoms with E-state index in [1.807, 2.05) is 0 Å². The molecule has 1 aliphatic heterocycles. The Hall–Kier alpha value is -0.230. The molecule has 60 valence electrons. The predicted octanol–water partition coefficient (Wildman–Crippen LogP) is -1.61. The van der Waals surface area contributed by atoms with E-state index in [1.54, 1.807) is 0 Å². The van der Waals surface area contributed by atoms with Crippen molar-refractivity contribution in [3.8, 4) is 0 Å². The van der Waals surface area contributed by atoms with Gasteiger partial charge in [-0.15, -0.1) is 0 Å². The van der Waals surface area contributed by atoms with Crippen LogP contribution in [-0.4, -0.2) is 46.6 Å². The zero-order valence-corrected chi connectivity index (χ0v) is 5.14. The van der Waals surface area contributed by atoms with Gasteiger partial charge in [0.25, 0.3) is 0 Å². The van der Waals surface area contributed by atoms with E-state index >= 15 is 0 Å². The van der Waals surface area contributed by atoms with Gasteiger partial charge < -0.3 is 20.1 Å². The Kier molecular flexibility index (Phi) is 2.20. The van der Waals surface area contributed by atoms with Gasteiger partial charge in [0, 0.05) is 0 Å². The molecule has 0 aromatic carbocycles. The molecule has 1 heterocycles. The first-order valence-electron chi connectivity index (χ1n) is 2.93. The fourth-order valence-electron chi connectivity index (χ4n) is 0.856. The fourth-order valence-corrected chi connectivity index (χ4v) is 0.856. The van der Waals surface area contributed by atoms with Crippen LogP contribution in [0.3, 0.4) is 0 Å². The van der Waals surface area contributed by atoms with Crippen molar-refractivity contribution in [1.29, 1.82) is 0 Å². The van der Waals surface area contributed by atoms with Crippen LogP contribution in [0.2, 0.25) is 0 Å². The van der Waals surface area contributed by atoms with Crippen LogP contribution in [0.4, 0.5) is 4.39 Å². The lowest BCUT2D eigenvalue weighted by molar-refractivity contribution is -0.132. The minimum absolute atomic E-state index is 0.532. The Morgan fingerprint density at radius 2 is 2.00 bits per heavy atom. The zero-order valence-electron chi connectivity index (χ0n) is 5.14. The molecule has 0 aliphatic carbocycles. The number of aliphatic hydroxyl groups excluding tert-OH is 3. The van der Waals surface area contributed by atoms with Gasteiger partial charge in [-0.3, -0.25) is 0 Å². The van der Waals surface area contributed by atoms with E-state index < -0.39 is 31.3 Å². The van der Waals surface area contributed by atoms with E-state index in [2.05, 4.69) is 4.74 Å². The van der Waals surface area contributed by atoms with Crippen molar-refractivity contribution in [1.82, 2.24) is 0 Å². The molecule has 0 bridgehead atoms. The molecule has 0 aromatic rings. The summed E-state index contributed by atoms with van der Waals surface area (Å²) in [7, 11) is 0. The number of rotatable bonds is 1. The number of hydrogen-bond acceptors (Lipinski definition) is 4. The van der Waals surface area contributed by atoms with Gasteiger partial charge in [0.2, 0.25) is 0 Å². The van der Waals surface area contributed by atoms with E-state index in [1.165, 1.54) is 0 Å². The van der Waals surface area contributed by atoms with E-state index in [-0.39, 0.29) is 0 Å². The molecular formula is C5H9FO4. The van der Waals surface area contributed by atoms with Crippen LogP contribution >= 0.6 is 0 Å². The Bertz CT molecular complexity index is 120. The van der Waals surface area contributed by atoms with Crippen molar-refractivity contribution < 1.29 is 24.4 Å². The molecule has 0 aromatic heterocycles. The summed E-state index contributed by atoms with van der Waals surface area (Å²) in [5.74, 6) is 0. The summed E-state index contributed by atoms with van der Waals surface area (Å²) >= 11 is 0. The molecule has 4 nitrogen and oxygen atoms in total. The molecule has 10 heavy (non-hydrogen) atoms. The highest BCUT2D eigenvalue weighted by Gasteiger charge is 2.42. The second kappa shape index (κ2) is 2.79. The quantitative estimate of drug-likeness (QED) is 0.422. The molecule has 1 saturated heterocycles. The van der Waals surface area contributed by atoms with Crippen LogP contribution in [0, 0.1) is 0 Å². The molecule has 4 atom stereocenters. The fraction of sp³-hybridized carbons (Fsp3) is 1.00. The van der Waals surface area contributed by atoms with Gasteiger partial charge in [-0.1, -0.05) is 0 Å². The van der Waals surface area contributed by atoms with Gasteiger partial charge in [-0.2, -0.15) is 0 Å². The maximum atomic E-state index is 12.5. The molecule has 5 heteroatoms. The maximum Gasteiger partial charge on any atom is 0.184 e. The number of halogens is 1. The van der Waals surface area contributed by atoms with Crippen molar-refractivity contribution in [3.05, 3.63) is 0 Å². The van der Waals surface area contributed by atoms with E-state index in [0.717, 1.165) is 0 Å². The predicted molar refractivity (Wildman–Crippen MR) is 28.9 cm³/mol. The molecular weight excluding hydrogens is 142 g/mol. The van der Waals surface area contributed by atoms with Crippen LogP contribution < -0.4 is 0 Å². The normalized spacial score (nSPS) is 48.0. The summed E-state index contributed by atoms with van der Waals surface area (Å²) in [5, 5.41) is 25.7. The van der Waals surface area contributed by atoms with E-state index in [0.29, 0.717) is 0 Å². The Morgan fingerprint density at radius 3 is 2.20 bits per heavy atom. The average Bonchev–Trinajstić information content (AvgIpc) is 2.17. The molecule has 0 radical (unpaired) electrons. The SMILES string of the molecule is OC[C@H]1OC(O)[C@H](O)[C@@H]1[18F]. The Balaban J connectivity index is 2.53. The monoisotopic (exact) mass is 151 g/mol. The van der Waals surface area contributed by atoms with Gasteiger partial charge in [-0.05, 0) is 0 Å². The van der Waals surface area contributed by atoms with Gasteiger partial charge in [-0.25, -0.2) is 4.39 Å². The molecule has 1 aliphatic rings. The zero-order chi connectivity index (χ0) is 7.72. The molecule has 0 saturated carbocycles. The summed E-state index contributed by atoms with van der Waals surface area (Å²) in [6, 6.07) is 0. The third-order valence-electron chi connectivity index (χ3n) is 1.47. The van der Waals surface area contributed by atoms with Crippen LogP contribution in [0.15, 0.2) is 0 Å². The first kappa shape index (κ1) is 7.87. The van der Waals surface area contributed by atoms with Crippen LogP contribution in [0.1, 0.15) is 0 Å². The van der Waals surface area contributed by atoms with Crippen molar-refractivity contribution in [2.24, 2.45) is 0 Å². The smallest absolute Gasteiger partial charge is 0.184 e.